The van der Waals surface area contributed by atoms with E-state index in [0.717, 1.165) is 25.8 Å². The lowest BCUT2D eigenvalue weighted by molar-refractivity contribution is 0.540. The van der Waals surface area contributed by atoms with Gasteiger partial charge >= 0.3 is 0 Å². The van der Waals surface area contributed by atoms with Crippen LogP contribution in [0.4, 0.5) is 17.1 Å². The highest BCUT2D eigenvalue weighted by atomic mass is 15.2. The monoisotopic (exact) mass is 610 g/mol. The van der Waals surface area contributed by atoms with E-state index in [1.807, 2.05) is 0 Å². The molecule has 1 aliphatic heterocycles. The fourth-order valence-electron chi connectivity index (χ4n) is 8.12. The van der Waals surface area contributed by atoms with E-state index in [-0.39, 0.29) is 5.41 Å². The van der Waals surface area contributed by atoms with Crippen LogP contribution < -0.4 is 9.80 Å². The Morgan fingerprint density at radius 3 is 2.28 bits per heavy atom. The molecule has 1 saturated carbocycles. The number of allylic oxidation sites excluding steroid dienone is 10. The molecular formula is C45H42N2. The minimum atomic E-state index is 0.0352. The summed E-state index contributed by atoms with van der Waals surface area (Å²) in [6.45, 7) is 7.82. The van der Waals surface area contributed by atoms with E-state index in [4.69, 9.17) is 0 Å². The van der Waals surface area contributed by atoms with Crippen LogP contribution in [0.2, 0.25) is 0 Å². The first-order chi connectivity index (χ1) is 23.0. The van der Waals surface area contributed by atoms with Gasteiger partial charge in [0, 0.05) is 45.4 Å². The number of rotatable bonds is 5. The van der Waals surface area contributed by atoms with E-state index in [1.54, 1.807) is 16.7 Å². The van der Waals surface area contributed by atoms with Crippen LogP contribution >= 0.6 is 0 Å². The summed E-state index contributed by atoms with van der Waals surface area (Å²) in [6.07, 6.45) is 18.0. The molecule has 8 rings (SSSR count). The minimum Gasteiger partial charge on any atom is -0.335 e. The van der Waals surface area contributed by atoms with Crippen LogP contribution in [0.3, 0.4) is 0 Å². The van der Waals surface area contributed by atoms with Gasteiger partial charge in [0.15, 0.2) is 0 Å². The van der Waals surface area contributed by atoms with Crippen molar-refractivity contribution in [3.8, 4) is 11.1 Å². The molecule has 4 aliphatic rings. The molecule has 2 heteroatoms. The smallest absolute Gasteiger partial charge is 0.0638 e. The minimum absolute atomic E-state index is 0.0352. The van der Waals surface area contributed by atoms with Gasteiger partial charge in [-0.3, -0.25) is 0 Å². The molecule has 1 atom stereocenters. The first kappa shape index (κ1) is 29.3. The molecule has 47 heavy (non-hydrogen) atoms. The molecule has 0 saturated heterocycles. The average Bonchev–Trinajstić information content (AvgIpc) is 3.35. The molecule has 0 bridgehead atoms. The summed E-state index contributed by atoms with van der Waals surface area (Å²) in [7, 11) is 0. The highest BCUT2D eigenvalue weighted by Gasteiger charge is 2.45. The first-order valence-corrected chi connectivity index (χ1v) is 17.1. The van der Waals surface area contributed by atoms with Crippen molar-refractivity contribution >= 4 is 22.6 Å². The normalized spacial score (nSPS) is 21.9. The van der Waals surface area contributed by atoms with Gasteiger partial charge in [-0.25, -0.2) is 0 Å². The van der Waals surface area contributed by atoms with Crippen LogP contribution in [0.25, 0.3) is 16.7 Å². The van der Waals surface area contributed by atoms with Crippen molar-refractivity contribution in [1.29, 1.82) is 0 Å². The van der Waals surface area contributed by atoms with Crippen LogP contribution in [0.5, 0.6) is 0 Å². The Labute approximate surface area is 280 Å². The molecule has 1 heterocycles. The number of fused-ring (bicyclic) bond motifs is 4. The summed E-state index contributed by atoms with van der Waals surface area (Å²) in [5.41, 5.74) is 15.8. The molecule has 0 N–H and O–H groups in total. The van der Waals surface area contributed by atoms with E-state index in [1.165, 1.54) is 50.7 Å². The summed E-state index contributed by atoms with van der Waals surface area (Å²) >= 11 is 0. The van der Waals surface area contributed by atoms with Gasteiger partial charge < -0.3 is 9.80 Å². The molecule has 3 aliphatic carbocycles. The van der Waals surface area contributed by atoms with Crippen molar-refractivity contribution in [2.75, 3.05) is 16.3 Å². The van der Waals surface area contributed by atoms with Crippen LogP contribution in [-0.4, -0.2) is 6.54 Å². The number of hydrogen-bond acceptors (Lipinski definition) is 2. The van der Waals surface area contributed by atoms with Gasteiger partial charge in [-0.1, -0.05) is 123 Å². The Kier molecular flexibility index (Phi) is 7.45. The van der Waals surface area contributed by atoms with Gasteiger partial charge in [0.1, 0.15) is 0 Å². The fourth-order valence-corrected chi connectivity index (χ4v) is 8.12. The lowest BCUT2D eigenvalue weighted by atomic mass is 9.79. The van der Waals surface area contributed by atoms with E-state index < -0.39 is 0 Å². The molecular weight excluding hydrogens is 569 g/mol. The van der Waals surface area contributed by atoms with Crippen LogP contribution in [0.15, 0.2) is 174 Å². The van der Waals surface area contributed by atoms with Crippen molar-refractivity contribution in [2.45, 2.75) is 40.0 Å². The third-order valence-electron chi connectivity index (χ3n) is 10.5. The van der Waals surface area contributed by atoms with Crippen LogP contribution in [0, 0.1) is 11.3 Å². The molecule has 0 radical (unpaired) electrons. The zero-order valence-corrected chi connectivity index (χ0v) is 27.7. The highest BCUT2D eigenvalue weighted by Crippen LogP contribution is 2.57. The van der Waals surface area contributed by atoms with Gasteiger partial charge in [-0.15, -0.1) is 0 Å². The summed E-state index contributed by atoms with van der Waals surface area (Å²) < 4.78 is 0. The van der Waals surface area contributed by atoms with E-state index in [0.29, 0.717) is 5.92 Å². The number of benzene rings is 4. The maximum atomic E-state index is 2.52. The second kappa shape index (κ2) is 11.9. The van der Waals surface area contributed by atoms with Gasteiger partial charge in [-0.05, 0) is 96.5 Å². The third kappa shape index (κ3) is 5.22. The largest absolute Gasteiger partial charge is 0.335 e. The van der Waals surface area contributed by atoms with Crippen molar-refractivity contribution in [3.05, 3.63) is 179 Å². The molecule has 4 aromatic carbocycles. The zero-order chi connectivity index (χ0) is 32.0. The van der Waals surface area contributed by atoms with E-state index in [9.17, 15) is 0 Å². The summed E-state index contributed by atoms with van der Waals surface area (Å²) in [5.74, 6) is 0.482. The van der Waals surface area contributed by atoms with Gasteiger partial charge in [0.2, 0.25) is 0 Å². The molecule has 2 nitrogen and oxygen atoms in total. The predicted octanol–water partition coefficient (Wildman–Crippen LogP) is 11.8. The number of nitrogens with zero attached hydrogens (tertiary/aromatic N) is 2. The second-order valence-electron chi connectivity index (χ2n) is 13.7. The predicted molar refractivity (Wildman–Crippen MR) is 199 cm³/mol. The maximum Gasteiger partial charge on any atom is 0.0638 e. The summed E-state index contributed by atoms with van der Waals surface area (Å²) in [5, 5.41) is 0. The quantitative estimate of drug-likeness (QED) is 0.222. The van der Waals surface area contributed by atoms with Crippen molar-refractivity contribution in [2.24, 2.45) is 11.3 Å². The zero-order valence-electron chi connectivity index (χ0n) is 27.7. The first-order valence-electron chi connectivity index (χ1n) is 17.1. The SMILES string of the molecule is C/C1=C\C=C(\N(C2=CCC3C4=CCCC=C4C(C)(C)C3=C2)c2ccccc2)CN(c2cccc(-c3ccccc3)c2)c2ccccc21. The Balaban J connectivity index is 1.27. The van der Waals surface area contributed by atoms with Crippen LogP contribution in [0.1, 0.15) is 45.6 Å². The lowest BCUT2D eigenvalue weighted by Gasteiger charge is -2.37. The standard InChI is InChI=1S/C45H42N2/c1-32-25-26-38(31-46(44-24-13-11-21-39(32)44)36-20-14-17-34(29-36)33-15-6-4-7-16-33)47(35-18-8-5-9-19-35)37-27-28-41-40-22-10-12-23-42(40)45(2,3)43(41)30-37/h4-9,11,13-27,29-30,41H,10,12,28,31H2,1-3H3/b32-25+,38-26+. The van der Waals surface area contributed by atoms with Gasteiger partial charge in [0.25, 0.3) is 0 Å². The maximum absolute atomic E-state index is 2.52. The Morgan fingerprint density at radius 1 is 0.723 bits per heavy atom. The van der Waals surface area contributed by atoms with Gasteiger partial charge in [-0.2, -0.15) is 0 Å². The molecule has 0 spiro atoms. The summed E-state index contributed by atoms with van der Waals surface area (Å²) in [6, 6.07) is 39.5. The molecule has 1 unspecified atom stereocenters. The lowest BCUT2D eigenvalue weighted by Crippen LogP contribution is -2.32. The topological polar surface area (TPSA) is 6.48 Å². The van der Waals surface area contributed by atoms with Crippen molar-refractivity contribution in [3.63, 3.8) is 0 Å². The fraction of sp³-hybridized carbons (Fsp3) is 0.200. The Hall–Kier alpha value is -5.08. The van der Waals surface area contributed by atoms with E-state index >= 15 is 0 Å². The molecule has 232 valence electrons. The van der Waals surface area contributed by atoms with Crippen LogP contribution in [-0.2, 0) is 0 Å². The average molecular weight is 611 g/mol. The second-order valence-corrected chi connectivity index (χ2v) is 13.7. The summed E-state index contributed by atoms with van der Waals surface area (Å²) in [4.78, 5) is 5.01. The van der Waals surface area contributed by atoms with Crippen molar-refractivity contribution < 1.29 is 0 Å². The third-order valence-corrected chi connectivity index (χ3v) is 10.5. The van der Waals surface area contributed by atoms with Crippen molar-refractivity contribution in [1.82, 2.24) is 0 Å². The van der Waals surface area contributed by atoms with Gasteiger partial charge in [0.05, 0.1) is 6.54 Å². The molecule has 4 aromatic rings. The molecule has 0 aromatic heterocycles. The number of anilines is 3. The Bertz CT molecular complexity index is 2020. The number of hydrogen-bond donors (Lipinski definition) is 0. The highest BCUT2D eigenvalue weighted by molar-refractivity contribution is 5.83. The van der Waals surface area contributed by atoms with E-state index in [2.05, 4.69) is 176 Å². The Morgan fingerprint density at radius 2 is 1.45 bits per heavy atom. The number of para-hydroxylation sites is 2. The molecule has 0 amide bonds. The molecule has 1 fully saturated rings.